The highest BCUT2D eigenvalue weighted by Crippen LogP contribution is 2.27. The lowest BCUT2D eigenvalue weighted by molar-refractivity contribution is 0.102. The van der Waals surface area contributed by atoms with Gasteiger partial charge in [-0.2, -0.15) is 0 Å². The van der Waals surface area contributed by atoms with Crippen molar-refractivity contribution in [1.82, 2.24) is 25.0 Å². The molecule has 1 aromatic carbocycles. The van der Waals surface area contributed by atoms with Gasteiger partial charge in [-0.25, -0.2) is 9.67 Å². The molecule has 1 amide bonds. The lowest BCUT2D eigenvalue weighted by Crippen LogP contribution is -2.18. The Morgan fingerprint density at radius 1 is 1.06 bits per heavy atom. The van der Waals surface area contributed by atoms with Gasteiger partial charge in [-0.05, 0) is 49.9 Å². The van der Waals surface area contributed by atoms with Crippen LogP contribution in [0.5, 0.6) is 5.75 Å². The van der Waals surface area contributed by atoms with E-state index >= 15 is 0 Å². The Morgan fingerprint density at radius 2 is 1.85 bits per heavy atom. The minimum atomic E-state index is -0.381. The van der Waals surface area contributed by atoms with E-state index in [0.29, 0.717) is 29.8 Å². The maximum atomic E-state index is 13.1. The number of benzene rings is 1. The number of carbonyl (C=O) groups excluding carboxylic acids is 1. The van der Waals surface area contributed by atoms with Crippen LogP contribution >= 0.6 is 0 Å². The molecule has 1 N–H and O–H groups in total. The molecular weight excluding hydrogens is 416 g/mol. The molecule has 3 aromatic heterocycles. The highest BCUT2D eigenvalue weighted by molar-refractivity contribution is 6.03. The summed E-state index contributed by atoms with van der Waals surface area (Å²) in [7, 11) is 0. The molecule has 168 valence electrons. The van der Waals surface area contributed by atoms with Crippen molar-refractivity contribution in [3.8, 4) is 11.4 Å². The average molecular weight is 443 g/mol. The minimum Gasteiger partial charge on any atom is -0.489 e. The van der Waals surface area contributed by atoms with Crippen LogP contribution in [0.1, 0.15) is 48.3 Å². The number of nitrogens with zero attached hydrogens (tertiary/aromatic N) is 5. The molecule has 8 heteroatoms. The third kappa shape index (κ3) is 4.41. The van der Waals surface area contributed by atoms with E-state index in [1.54, 1.807) is 23.1 Å². The van der Waals surface area contributed by atoms with Crippen LogP contribution in [0.2, 0.25) is 0 Å². The molecule has 1 saturated carbocycles. The van der Waals surface area contributed by atoms with Crippen LogP contribution < -0.4 is 10.1 Å². The van der Waals surface area contributed by atoms with Crippen molar-refractivity contribution in [3.05, 3.63) is 66.2 Å². The average Bonchev–Trinajstić information content (AvgIpc) is 3.25. The summed E-state index contributed by atoms with van der Waals surface area (Å²) in [6.45, 7) is 2.45. The molecule has 0 spiro atoms. The first-order valence-electron chi connectivity index (χ1n) is 11.4. The van der Waals surface area contributed by atoms with Gasteiger partial charge in [0.15, 0.2) is 17.3 Å². The molecule has 0 aliphatic heterocycles. The minimum absolute atomic E-state index is 0.229. The normalized spacial score (nSPS) is 14.3. The van der Waals surface area contributed by atoms with Crippen LogP contribution in [0.15, 0.2) is 54.9 Å². The van der Waals surface area contributed by atoms with E-state index < -0.39 is 0 Å². The molecule has 3 heterocycles. The second kappa shape index (κ2) is 9.36. The van der Waals surface area contributed by atoms with Gasteiger partial charge in [-0.15, -0.1) is 5.10 Å². The Kier molecular flexibility index (Phi) is 5.97. The highest BCUT2D eigenvalue weighted by Gasteiger charge is 2.21. The van der Waals surface area contributed by atoms with Crippen LogP contribution in [0.25, 0.3) is 16.6 Å². The summed E-state index contributed by atoms with van der Waals surface area (Å²) in [6.07, 6.45) is 9.56. The first kappa shape index (κ1) is 21.1. The number of anilines is 1. The Bertz CT molecular complexity index is 1270. The predicted molar refractivity (Wildman–Crippen MR) is 126 cm³/mol. The third-order valence-electron chi connectivity index (χ3n) is 6.15. The summed E-state index contributed by atoms with van der Waals surface area (Å²) in [5.41, 5.74) is 2.41. The maximum Gasteiger partial charge on any atom is 0.279 e. The Hall–Kier alpha value is -3.81. The first-order chi connectivity index (χ1) is 16.2. The van der Waals surface area contributed by atoms with E-state index in [-0.39, 0.29) is 11.6 Å². The van der Waals surface area contributed by atoms with Crippen molar-refractivity contribution >= 4 is 22.6 Å². The molecule has 1 aliphatic rings. The number of carbonyl (C=O) groups is 1. The van der Waals surface area contributed by atoms with Gasteiger partial charge in [0.1, 0.15) is 0 Å². The van der Waals surface area contributed by atoms with Gasteiger partial charge in [-0.3, -0.25) is 9.78 Å². The predicted octanol–water partition coefficient (Wildman–Crippen LogP) is 4.73. The quantitative estimate of drug-likeness (QED) is 0.464. The van der Waals surface area contributed by atoms with Gasteiger partial charge in [0.25, 0.3) is 5.91 Å². The summed E-state index contributed by atoms with van der Waals surface area (Å²) < 4.78 is 7.68. The topological polar surface area (TPSA) is 94.8 Å². The fourth-order valence-electron chi connectivity index (χ4n) is 4.36. The molecule has 0 unspecified atom stereocenters. The molecule has 8 nitrogen and oxygen atoms in total. The van der Waals surface area contributed by atoms with Crippen molar-refractivity contribution in [2.45, 2.75) is 39.0 Å². The summed E-state index contributed by atoms with van der Waals surface area (Å²) in [4.78, 5) is 21.9. The Morgan fingerprint density at radius 3 is 2.73 bits per heavy atom. The number of aromatic nitrogens is 5. The summed E-state index contributed by atoms with van der Waals surface area (Å²) in [5.74, 6) is 1.13. The molecule has 5 rings (SSSR count). The van der Waals surface area contributed by atoms with E-state index in [1.165, 1.54) is 32.1 Å². The van der Waals surface area contributed by atoms with Gasteiger partial charge >= 0.3 is 0 Å². The lowest BCUT2D eigenvalue weighted by atomic mass is 9.90. The number of amides is 1. The van der Waals surface area contributed by atoms with Crippen molar-refractivity contribution in [3.63, 3.8) is 0 Å². The summed E-state index contributed by atoms with van der Waals surface area (Å²) in [6, 6.07) is 13.3. The maximum absolute atomic E-state index is 13.1. The van der Waals surface area contributed by atoms with Crippen molar-refractivity contribution in [2.75, 3.05) is 11.9 Å². The number of ether oxygens (including phenoxy) is 1. The van der Waals surface area contributed by atoms with E-state index in [9.17, 15) is 4.79 Å². The van der Waals surface area contributed by atoms with Crippen LogP contribution in [-0.2, 0) is 0 Å². The highest BCUT2D eigenvalue weighted by atomic mass is 16.5. The van der Waals surface area contributed by atoms with Crippen LogP contribution in [-0.4, -0.2) is 37.5 Å². The monoisotopic (exact) mass is 442 g/mol. The Labute approximate surface area is 192 Å². The third-order valence-corrected chi connectivity index (χ3v) is 6.15. The standard InChI is InChI=1S/C25H26N6O2/c1-17-22(29-30-31(17)20-12-5-10-19-11-6-14-26-23(19)20)25(32)28-24-21(13-7-15-27-24)33-16-18-8-3-2-4-9-18/h5-7,10-15,18H,2-4,8-9,16H2,1H3,(H,27,28,32). The fourth-order valence-corrected chi connectivity index (χ4v) is 4.36. The van der Waals surface area contributed by atoms with Crippen LogP contribution in [0.3, 0.4) is 0 Å². The van der Waals surface area contributed by atoms with Crippen molar-refractivity contribution < 1.29 is 9.53 Å². The molecule has 33 heavy (non-hydrogen) atoms. The molecule has 1 aliphatic carbocycles. The summed E-state index contributed by atoms with van der Waals surface area (Å²) >= 11 is 0. The van der Waals surface area contributed by atoms with Gasteiger partial charge in [0, 0.05) is 17.8 Å². The molecule has 1 fully saturated rings. The van der Waals surface area contributed by atoms with E-state index in [0.717, 1.165) is 16.6 Å². The van der Waals surface area contributed by atoms with Crippen molar-refractivity contribution in [1.29, 1.82) is 0 Å². The number of hydrogen-bond donors (Lipinski definition) is 1. The lowest BCUT2D eigenvalue weighted by Gasteiger charge is -2.22. The van der Waals surface area contributed by atoms with Crippen LogP contribution in [0.4, 0.5) is 5.82 Å². The van der Waals surface area contributed by atoms with E-state index in [1.807, 2.05) is 43.3 Å². The smallest absolute Gasteiger partial charge is 0.279 e. The van der Waals surface area contributed by atoms with E-state index in [2.05, 4.69) is 25.6 Å². The fraction of sp³-hybridized carbons (Fsp3) is 0.320. The van der Waals surface area contributed by atoms with Gasteiger partial charge < -0.3 is 10.1 Å². The molecular formula is C25H26N6O2. The first-order valence-corrected chi connectivity index (χ1v) is 11.4. The second-order valence-corrected chi connectivity index (χ2v) is 8.41. The van der Waals surface area contributed by atoms with Crippen LogP contribution in [0, 0.1) is 12.8 Å². The molecule has 4 aromatic rings. The molecule has 0 saturated heterocycles. The number of hydrogen-bond acceptors (Lipinski definition) is 6. The number of rotatable bonds is 6. The zero-order valence-corrected chi connectivity index (χ0v) is 18.6. The second-order valence-electron chi connectivity index (χ2n) is 8.41. The van der Waals surface area contributed by atoms with Gasteiger partial charge in [0.05, 0.1) is 23.5 Å². The van der Waals surface area contributed by atoms with Crippen molar-refractivity contribution in [2.24, 2.45) is 5.92 Å². The molecule has 0 bridgehead atoms. The Balaban J connectivity index is 1.36. The number of pyridine rings is 2. The number of para-hydroxylation sites is 1. The molecule has 0 atom stereocenters. The van der Waals surface area contributed by atoms with E-state index in [4.69, 9.17) is 4.74 Å². The summed E-state index contributed by atoms with van der Waals surface area (Å²) in [5, 5.41) is 12.2. The molecule has 0 radical (unpaired) electrons. The zero-order chi connectivity index (χ0) is 22.6. The number of fused-ring (bicyclic) bond motifs is 1. The van der Waals surface area contributed by atoms with Gasteiger partial charge in [-0.1, -0.05) is 42.7 Å². The number of nitrogens with one attached hydrogen (secondary N) is 1. The largest absolute Gasteiger partial charge is 0.489 e. The zero-order valence-electron chi connectivity index (χ0n) is 18.6. The SMILES string of the molecule is Cc1c(C(=O)Nc2ncccc2OCC2CCCCC2)nnn1-c1cccc2cccnc12. The van der Waals surface area contributed by atoms with Gasteiger partial charge in [0.2, 0.25) is 0 Å².